The molecule has 0 unspecified atom stereocenters. The van der Waals surface area contributed by atoms with E-state index in [4.69, 9.17) is 11.0 Å². The molecule has 8 heteroatoms. The van der Waals surface area contributed by atoms with Crippen molar-refractivity contribution >= 4 is 24.1 Å². The predicted molar refractivity (Wildman–Crippen MR) is 76.4 cm³/mol. The van der Waals surface area contributed by atoms with Crippen LogP contribution in [-0.2, 0) is 4.79 Å². The van der Waals surface area contributed by atoms with Crippen molar-refractivity contribution in [1.82, 2.24) is 15.3 Å². The SMILES string of the molecule is C[C@H](N[C@H]1CCN(c2nccnc2C#N)C1)C(N)=O.Cl. The number of carbonyl (C=O) groups excluding carboxylic acids is 1. The lowest BCUT2D eigenvalue weighted by atomic mass is 10.2. The molecule has 0 saturated carbocycles. The van der Waals surface area contributed by atoms with Crippen LogP contribution in [0.15, 0.2) is 12.4 Å². The molecule has 1 aliphatic rings. The molecule has 1 saturated heterocycles. The fourth-order valence-electron chi connectivity index (χ4n) is 2.17. The van der Waals surface area contributed by atoms with Crippen molar-refractivity contribution in [3.8, 4) is 6.07 Å². The number of carbonyl (C=O) groups is 1. The normalized spacial score (nSPS) is 19.0. The maximum atomic E-state index is 11.0. The van der Waals surface area contributed by atoms with Crippen LogP contribution < -0.4 is 16.0 Å². The van der Waals surface area contributed by atoms with Gasteiger partial charge in [0.05, 0.1) is 6.04 Å². The zero-order valence-corrected chi connectivity index (χ0v) is 11.9. The summed E-state index contributed by atoms with van der Waals surface area (Å²) in [5.74, 6) is 0.233. The van der Waals surface area contributed by atoms with Gasteiger partial charge in [0.25, 0.3) is 0 Å². The van der Waals surface area contributed by atoms with E-state index < -0.39 is 0 Å². The summed E-state index contributed by atoms with van der Waals surface area (Å²) in [6.45, 7) is 3.20. The zero-order valence-electron chi connectivity index (χ0n) is 11.1. The van der Waals surface area contributed by atoms with Gasteiger partial charge in [0.15, 0.2) is 11.5 Å². The molecular weight excluding hydrogens is 280 g/mol. The number of nitrogens with zero attached hydrogens (tertiary/aromatic N) is 4. The van der Waals surface area contributed by atoms with Crippen LogP contribution in [0.2, 0.25) is 0 Å². The van der Waals surface area contributed by atoms with E-state index in [1.165, 1.54) is 6.20 Å². The Morgan fingerprint density at radius 3 is 2.95 bits per heavy atom. The molecule has 1 amide bonds. The first-order valence-corrected chi connectivity index (χ1v) is 6.13. The van der Waals surface area contributed by atoms with Crippen LogP contribution in [0.5, 0.6) is 0 Å². The number of rotatable bonds is 4. The number of halogens is 1. The molecule has 20 heavy (non-hydrogen) atoms. The van der Waals surface area contributed by atoms with Gasteiger partial charge in [-0.15, -0.1) is 12.4 Å². The van der Waals surface area contributed by atoms with E-state index in [9.17, 15) is 4.79 Å². The Kier molecular flexibility index (Phi) is 5.67. The van der Waals surface area contributed by atoms with Crippen molar-refractivity contribution in [2.75, 3.05) is 18.0 Å². The van der Waals surface area contributed by atoms with E-state index in [1.807, 2.05) is 11.0 Å². The Hall–Kier alpha value is -1.91. The summed E-state index contributed by atoms with van der Waals surface area (Å²) >= 11 is 0. The van der Waals surface area contributed by atoms with Gasteiger partial charge in [-0.1, -0.05) is 0 Å². The number of nitrogens with two attached hydrogens (primary N) is 1. The van der Waals surface area contributed by atoms with Crippen molar-refractivity contribution in [3.05, 3.63) is 18.1 Å². The standard InChI is InChI=1S/C12H16N6O.ClH/c1-8(11(14)19)17-9-2-5-18(7-9)12-10(6-13)15-3-4-16-12;/h3-4,8-9,17H,2,5,7H2,1H3,(H2,14,19);1H/t8-,9-;/m0./s1. The summed E-state index contributed by atoms with van der Waals surface area (Å²) in [7, 11) is 0. The molecule has 1 aromatic rings. The van der Waals surface area contributed by atoms with Crippen molar-refractivity contribution in [1.29, 1.82) is 5.26 Å². The molecule has 0 spiro atoms. The average Bonchev–Trinajstić information content (AvgIpc) is 2.86. The van der Waals surface area contributed by atoms with Crippen LogP contribution in [0, 0.1) is 11.3 Å². The van der Waals surface area contributed by atoms with E-state index in [1.54, 1.807) is 13.1 Å². The second-order valence-corrected chi connectivity index (χ2v) is 4.56. The minimum absolute atomic E-state index is 0. The molecule has 1 fully saturated rings. The van der Waals surface area contributed by atoms with Gasteiger partial charge in [-0.2, -0.15) is 5.26 Å². The number of nitriles is 1. The third-order valence-electron chi connectivity index (χ3n) is 3.19. The van der Waals surface area contributed by atoms with Gasteiger partial charge in [-0.3, -0.25) is 4.79 Å². The smallest absolute Gasteiger partial charge is 0.234 e. The molecule has 0 aliphatic carbocycles. The van der Waals surface area contributed by atoms with Gasteiger partial charge in [0.2, 0.25) is 5.91 Å². The topological polar surface area (TPSA) is 108 Å². The molecule has 1 aliphatic heterocycles. The number of nitrogens with one attached hydrogen (secondary N) is 1. The van der Waals surface area contributed by atoms with Crippen LogP contribution in [-0.4, -0.2) is 41.0 Å². The van der Waals surface area contributed by atoms with E-state index in [-0.39, 0.29) is 30.4 Å². The van der Waals surface area contributed by atoms with Gasteiger partial charge in [0, 0.05) is 31.5 Å². The van der Waals surface area contributed by atoms with Gasteiger partial charge in [0.1, 0.15) is 6.07 Å². The molecule has 0 bridgehead atoms. The maximum absolute atomic E-state index is 11.0. The maximum Gasteiger partial charge on any atom is 0.234 e. The highest BCUT2D eigenvalue weighted by molar-refractivity contribution is 5.85. The molecular formula is C12H17ClN6O. The molecule has 0 aromatic carbocycles. The van der Waals surface area contributed by atoms with Crippen LogP contribution in [0.25, 0.3) is 0 Å². The fourth-order valence-corrected chi connectivity index (χ4v) is 2.17. The molecule has 7 nitrogen and oxygen atoms in total. The van der Waals surface area contributed by atoms with Crippen LogP contribution in [0.4, 0.5) is 5.82 Å². The molecule has 2 heterocycles. The van der Waals surface area contributed by atoms with Crippen molar-refractivity contribution in [2.24, 2.45) is 5.73 Å². The second-order valence-electron chi connectivity index (χ2n) is 4.56. The number of anilines is 1. The summed E-state index contributed by atoms with van der Waals surface area (Å²) < 4.78 is 0. The Balaban J connectivity index is 0.00000200. The summed E-state index contributed by atoms with van der Waals surface area (Å²) in [5.41, 5.74) is 5.55. The summed E-state index contributed by atoms with van der Waals surface area (Å²) in [6.07, 6.45) is 3.95. The quantitative estimate of drug-likeness (QED) is 0.797. The number of amides is 1. The summed E-state index contributed by atoms with van der Waals surface area (Å²) in [4.78, 5) is 21.2. The molecule has 1 aromatic heterocycles. The highest BCUT2D eigenvalue weighted by atomic mass is 35.5. The highest BCUT2D eigenvalue weighted by Gasteiger charge is 2.27. The molecule has 108 valence electrons. The van der Waals surface area contributed by atoms with E-state index in [0.717, 1.165) is 13.0 Å². The van der Waals surface area contributed by atoms with Crippen LogP contribution >= 0.6 is 12.4 Å². The van der Waals surface area contributed by atoms with E-state index in [0.29, 0.717) is 18.1 Å². The first-order chi connectivity index (χ1) is 9.11. The third kappa shape index (κ3) is 3.56. The van der Waals surface area contributed by atoms with Gasteiger partial charge in [-0.05, 0) is 13.3 Å². The molecule has 3 N–H and O–H groups in total. The monoisotopic (exact) mass is 296 g/mol. The Morgan fingerprint density at radius 1 is 1.60 bits per heavy atom. The van der Waals surface area contributed by atoms with Gasteiger partial charge < -0.3 is 16.0 Å². The summed E-state index contributed by atoms with van der Waals surface area (Å²) in [5, 5.41) is 12.2. The van der Waals surface area contributed by atoms with Crippen molar-refractivity contribution in [3.63, 3.8) is 0 Å². The lowest BCUT2D eigenvalue weighted by Gasteiger charge is -2.19. The number of hydrogen-bond donors (Lipinski definition) is 2. The van der Waals surface area contributed by atoms with E-state index in [2.05, 4.69) is 15.3 Å². The zero-order chi connectivity index (χ0) is 13.8. The molecule has 2 rings (SSSR count). The van der Waals surface area contributed by atoms with Crippen LogP contribution in [0.1, 0.15) is 19.0 Å². The average molecular weight is 297 g/mol. The second kappa shape index (κ2) is 7.03. The predicted octanol–water partition coefficient (Wildman–Crippen LogP) is -0.188. The largest absolute Gasteiger partial charge is 0.368 e. The number of primary amides is 1. The summed E-state index contributed by atoms with van der Waals surface area (Å²) in [6, 6.07) is 1.84. The Bertz CT molecular complexity index is 517. The van der Waals surface area contributed by atoms with Crippen LogP contribution in [0.3, 0.4) is 0 Å². The highest BCUT2D eigenvalue weighted by Crippen LogP contribution is 2.20. The van der Waals surface area contributed by atoms with Crippen molar-refractivity contribution in [2.45, 2.75) is 25.4 Å². The minimum atomic E-state index is -0.365. The van der Waals surface area contributed by atoms with Gasteiger partial charge >= 0.3 is 0 Å². The Morgan fingerprint density at radius 2 is 2.30 bits per heavy atom. The lowest BCUT2D eigenvalue weighted by Crippen LogP contribution is -2.45. The fraction of sp³-hybridized carbons (Fsp3) is 0.500. The van der Waals surface area contributed by atoms with Gasteiger partial charge in [-0.25, -0.2) is 9.97 Å². The number of aromatic nitrogens is 2. The first-order valence-electron chi connectivity index (χ1n) is 6.13. The lowest BCUT2D eigenvalue weighted by molar-refractivity contribution is -0.119. The van der Waals surface area contributed by atoms with E-state index >= 15 is 0 Å². The van der Waals surface area contributed by atoms with Crippen molar-refractivity contribution < 1.29 is 4.79 Å². The number of hydrogen-bond acceptors (Lipinski definition) is 6. The molecule has 2 atom stereocenters. The third-order valence-corrected chi connectivity index (χ3v) is 3.19. The Labute approximate surface area is 123 Å². The first kappa shape index (κ1) is 16.1. The minimum Gasteiger partial charge on any atom is -0.368 e. The molecule has 0 radical (unpaired) electrons.